The topological polar surface area (TPSA) is 33.1 Å². The van der Waals surface area contributed by atoms with Gasteiger partial charge in [0.05, 0.1) is 0 Å². The summed E-state index contributed by atoms with van der Waals surface area (Å²) < 4.78 is 2.27. The van der Waals surface area contributed by atoms with Crippen molar-refractivity contribution in [1.29, 1.82) is 0 Å². The number of aromatic nitrogens is 2. The summed E-state index contributed by atoms with van der Waals surface area (Å²) in [5.74, 6) is 1.65. The molecule has 1 aliphatic rings. The fourth-order valence-corrected chi connectivity index (χ4v) is 2.55. The highest BCUT2D eigenvalue weighted by Crippen LogP contribution is 2.38. The number of hydrogen-bond acceptors (Lipinski definition) is 3. The Balaban J connectivity index is 2.03. The number of imidazole rings is 1. The molecule has 102 valence electrons. The number of rotatable bonds is 6. The molecule has 1 aromatic heterocycles. The van der Waals surface area contributed by atoms with E-state index in [9.17, 15) is 0 Å². The first-order valence-corrected chi connectivity index (χ1v) is 6.96. The molecule has 4 heteroatoms. The quantitative estimate of drug-likeness (QED) is 0.842. The van der Waals surface area contributed by atoms with Gasteiger partial charge in [-0.2, -0.15) is 0 Å². The summed E-state index contributed by atoms with van der Waals surface area (Å²) in [4.78, 5) is 6.80. The van der Waals surface area contributed by atoms with Crippen LogP contribution in [0, 0.1) is 5.92 Å². The molecule has 0 aliphatic heterocycles. The Morgan fingerprint density at radius 3 is 2.67 bits per heavy atom. The second kappa shape index (κ2) is 5.31. The molecule has 1 saturated carbocycles. The summed E-state index contributed by atoms with van der Waals surface area (Å²) in [5, 5.41) is 3.44. The molecular weight excluding hydrogens is 224 g/mol. The molecule has 0 spiro atoms. The van der Waals surface area contributed by atoms with Crippen molar-refractivity contribution in [2.75, 3.05) is 26.0 Å². The first kappa shape index (κ1) is 13.4. The van der Waals surface area contributed by atoms with Crippen LogP contribution in [-0.4, -0.2) is 40.6 Å². The number of likely N-dealkylation sites (N-methyl/N-ethyl adjacent to an activating group) is 1. The summed E-state index contributed by atoms with van der Waals surface area (Å²) >= 11 is 0. The Kier molecular flexibility index (Phi) is 3.95. The predicted molar refractivity (Wildman–Crippen MR) is 75.8 cm³/mol. The van der Waals surface area contributed by atoms with Gasteiger partial charge in [-0.3, -0.25) is 0 Å². The minimum Gasteiger partial charge on any atom is -0.355 e. The van der Waals surface area contributed by atoms with E-state index in [4.69, 9.17) is 0 Å². The van der Waals surface area contributed by atoms with Crippen molar-refractivity contribution in [2.45, 2.75) is 45.2 Å². The Hall–Kier alpha value is -1.03. The van der Waals surface area contributed by atoms with Gasteiger partial charge in [0.2, 0.25) is 5.95 Å². The average Bonchev–Trinajstić information content (AvgIpc) is 2.67. The summed E-state index contributed by atoms with van der Waals surface area (Å²) in [6.45, 7) is 6.45. The van der Waals surface area contributed by atoms with Gasteiger partial charge in [-0.15, -0.1) is 0 Å². The standard InChI is InChI=1S/C14H26N4/c1-12(2)10-16-13-15-8-9-18(13)11-14(17(3)4)6-5-7-14/h8-9,12H,5-7,10-11H2,1-4H3,(H,15,16). The van der Waals surface area contributed by atoms with E-state index >= 15 is 0 Å². The summed E-state index contributed by atoms with van der Waals surface area (Å²) in [6.07, 6.45) is 7.92. The Labute approximate surface area is 110 Å². The van der Waals surface area contributed by atoms with E-state index in [0.29, 0.717) is 11.5 Å². The molecule has 2 rings (SSSR count). The summed E-state index contributed by atoms with van der Waals surface area (Å²) in [6, 6.07) is 0. The number of hydrogen-bond donors (Lipinski definition) is 1. The van der Waals surface area contributed by atoms with E-state index in [1.807, 2.05) is 6.20 Å². The lowest BCUT2D eigenvalue weighted by molar-refractivity contribution is 0.0429. The van der Waals surface area contributed by atoms with Crippen LogP contribution < -0.4 is 5.32 Å². The smallest absolute Gasteiger partial charge is 0.202 e. The average molecular weight is 250 g/mol. The van der Waals surface area contributed by atoms with Gasteiger partial charge in [0, 0.05) is 31.0 Å². The lowest BCUT2D eigenvalue weighted by Gasteiger charge is -2.47. The van der Waals surface area contributed by atoms with Crippen molar-refractivity contribution in [2.24, 2.45) is 5.92 Å². The third-order valence-electron chi connectivity index (χ3n) is 4.08. The Morgan fingerprint density at radius 1 is 1.44 bits per heavy atom. The Bertz CT molecular complexity index is 377. The van der Waals surface area contributed by atoms with Crippen molar-refractivity contribution in [3.05, 3.63) is 12.4 Å². The van der Waals surface area contributed by atoms with Crippen LogP contribution in [0.15, 0.2) is 12.4 Å². The molecule has 0 atom stereocenters. The summed E-state index contributed by atoms with van der Waals surface area (Å²) in [5.41, 5.74) is 0.342. The van der Waals surface area contributed by atoms with Crippen LogP contribution in [0.3, 0.4) is 0 Å². The fourth-order valence-electron chi connectivity index (χ4n) is 2.55. The molecule has 1 fully saturated rings. The van der Waals surface area contributed by atoms with Gasteiger partial charge in [-0.05, 0) is 39.3 Å². The van der Waals surface area contributed by atoms with Crippen LogP contribution >= 0.6 is 0 Å². The lowest BCUT2D eigenvalue weighted by Crippen LogP contribution is -2.53. The third-order valence-corrected chi connectivity index (χ3v) is 4.08. The first-order valence-electron chi connectivity index (χ1n) is 6.96. The van der Waals surface area contributed by atoms with E-state index in [2.05, 4.69) is 53.9 Å². The molecule has 0 saturated heterocycles. The predicted octanol–water partition coefficient (Wildman–Crippen LogP) is 2.44. The fraction of sp³-hybridized carbons (Fsp3) is 0.786. The van der Waals surface area contributed by atoms with E-state index in [-0.39, 0.29) is 0 Å². The third kappa shape index (κ3) is 2.69. The van der Waals surface area contributed by atoms with Crippen molar-refractivity contribution in [3.8, 4) is 0 Å². The normalized spacial score (nSPS) is 18.1. The highest BCUT2D eigenvalue weighted by atomic mass is 15.2. The zero-order chi connectivity index (χ0) is 13.2. The van der Waals surface area contributed by atoms with E-state index in [1.165, 1.54) is 19.3 Å². The zero-order valence-corrected chi connectivity index (χ0v) is 12.1. The highest BCUT2D eigenvalue weighted by molar-refractivity contribution is 5.26. The molecule has 0 unspecified atom stereocenters. The molecule has 18 heavy (non-hydrogen) atoms. The van der Waals surface area contributed by atoms with Gasteiger partial charge >= 0.3 is 0 Å². The highest BCUT2D eigenvalue weighted by Gasteiger charge is 2.39. The number of nitrogens with one attached hydrogen (secondary N) is 1. The molecule has 0 amide bonds. The van der Waals surface area contributed by atoms with Gasteiger partial charge in [-0.25, -0.2) is 4.98 Å². The number of nitrogens with zero attached hydrogens (tertiary/aromatic N) is 3. The van der Waals surface area contributed by atoms with Gasteiger partial charge in [-0.1, -0.05) is 13.8 Å². The number of anilines is 1. The monoisotopic (exact) mass is 250 g/mol. The van der Waals surface area contributed by atoms with Crippen LogP contribution in [0.2, 0.25) is 0 Å². The van der Waals surface area contributed by atoms with Crippen molar-refractivity contribution in [3.63, 3.8) is 0 Å². The maximum absolute atomic E-state index is 4.42. The summed E-state index contributed by atoms with van der Waals surface area (Å²) in [7, 11) is 4.38. The van der Waals surface area contributed by atoms with Crippen molar-refractivity contribution >= 4 is 5.95 Å². The molecule has 0 bridgehead atoms. The zero-order valence-electron chi connectivity index (χ0n) is 12.1. The first-order chi connectivity index (χ1) is 8.53. The largest absolute Gasteiger partial charge is 0.355 e. The lowest BCUT2D eigenvalue weighted by atomic mass is 9.75. The molecule has 4 nitrogen and oxygen atoms in total. The SMILES string of the molecule is CC(C)CNc1nccn1CC1(N(C)C)CCC1. The van der Waals surface area contributed by atoms with E-state index in [1.54, 1.807) is 0 Å². The molecule has 1 heterocycles. The van der Waals surface area contributed by atoms with Crippen molar-refractivity contribution < 1.29 is 0 Å². The van der Waals surface area contributed by atoms with E-state index < -0.39 is 0 Å². The molecule has 1 N–H and O–H groups in total. The maximum atomic E-state index is 4.42. The van der Waals surface area contributed by atoms with E-state index in [0.717, 1.165) is 19.0 Å². The molecule has 0 aromatic carbocycles. The van der Waals surface area contributed by atoms with Crippen LogP contribution in [0.5, 0.6) is 0 Å². The van der Waals surface area contributed by atoms with Gasteiger partial charge in [0.25, 0.3) is 0 Å². The van der Waals surface area contributed by atoms with Crippen LogP contribution in [0.1, 0.15) is 33.1 Å². The van der Waals surface area contributed by atoms with Gasteiger partial charge in [0.1, 0.15) is 0 Å². The van der Waals surface area contributed by atoms with Gasteiger partial charge in [0.15, 0.2) is 0 Å². The Morgan fingerprint density at radius 2 is 2.17 bits per heavy atom. The van der Waals surface area contributed by atoms with Crippen LogP contribution in [0.4, 0.5) is 5.95 Å². The van der Waals surface area contributed by atoms with Crippen LogP contribution in [-0.2, 0) is 6.54 Å². The molecule has 0 radical (unpaired) electrons. The van der Waals surface area contributed by atoms with Crippen LogP contribution in [0.25, 0.3) is 0 Å². The second-order valence-electron chi connectivity index (χ2n) is 6.13. The van der Waals surface area contributed by atoms with Gasteiger partial charge < -0.3 is 14.8 Å². The molecule has 1 aliphatic carbocycles. The molecule has 1 aromatic rings. The maximum Gasteiger partial charge on any atom is 0.202 e. The molecular formula is C14H26N4. The minimum atomic E-state index is 0.342. The second-order valence-corrected chi connectivity index (χ2v) is 6.13. The minimum absolute atomic E-state index is 0.342. The van der Waals surface area contributed by atoms with Crippen molar-refractivity contribution in [1.82, 2.24) is 14.5 Å².